The summed E-state index contributed by atoms with van der Waals surface area (Å²) in [4.78, 5) is 21.4. The Hall–Kier alpha value is -2.44. The van der Waals surface area contributed by atoms with Crippen LogP contribution in [0.5, 0.6) is 17.2 Å². The molecule has 2 rings (SSSR count). The van der Waals surface area contributed by atoms with Crippen molar-refractivity contribution in [3.8, 4) is 17.2 Å². The lowest BCUT2D eigenvalue weighted by atomic mass is 10.3. The van der Waals surface area contributed by atoms with Crippen LogP contribution in [-0.4, -0.2) is 30.5 Å². The van der Waals surface area contributed by atoms with E-state index in [0.29, 0.717) is 11.5 Å². The van der Waals surface area contributed by atoms with Crippen LogP contribution >= 0.6 is 0 Å². The highest BCUT2D eigenvalue weighted by Gasteiger charge is 2.15. The first kappa shape index (κ1) is 11.1. The molecule has 90 valence electrons. The predicted molar refractivity (Wildman–Crippen MR) is 54.2 cm³/mol. The fraction of sp³-hybridized carbons (Fsp3) is 0.200. The van der Waals surface area contributed by atoms with Gasteiger partial charge in [0.2, 0.25) is 6.79 Å². The second kappa shape index (κ2) is 4.60. The molecule has 0 aromatic heterocycles. The van der Waals surface area contributed by atoms with Gasteiger partial charge in [-0.15, -0.1) is 0 Å². The van der Waals surface area contributed by atoms with E-state index in [9.17, 15) is 9.59 Å². The molecule has 17 heavy (non-hydrogen) atoms. The monoisotopic (exact) mass is 239 g/mol. The Bertz CT molecular complexity index is 458. The van der Waals surface area contributed by atoms with Crippen LogP contribution in [-0.2, 0) is 4.79 Å². The zero-order chi connectivity index (χ0) is 12.3. The lowest BCUT2D eigenvalue weighted by Crippen LogP contribution is -2.31. The van der Waals surface area contributed by atoms with Gasteiger partial charge < -0.3 is 24.6 Å². The molecule has 0 fully saturated rings. The van der Waals surface area contributed by atoms with Gasteiger partial charge in [0.15, 0.2) is 11.5 Å². The quantitative estimate of drug-likeness (QED) is 0.801. The van der Waals surface area contributed by atoms with Crippen molar-refractivity contribution in [1.82, 2.24) is 5.32 Å². The number of hydrogen-bond donors (Lipinski definition) is 2. The molecule has 0 spiro atoms. The molecule has 1 heterocycles. The summed E-state index contributed by atoms with van der Waals surface area (Å²) in [7, 11) is 0. The molecule has 0 unspecified atom stereocenters. The van der Waals surface area contributed by atoms with E-state index in [1.165, 1.54) is 12.1 Å². The van der Waals surface area contributed by atoms with Gasteiger partial charge in [-0.25, -0.2) is 4.79 Å². The summed E-state index contributed by atoms with van der Waals surface area (Å²) in [5.74, 6) is 0.154. The lowest BCUT2D eigenvalue weighted by Gasteiger charge is -2.05. The van der Waals surface area contributed by atoms with Gasteiger partial charge in [0.1, 0.15) is 12.3 Å². The van der Waals surface area contributed by atoms with Crippen LogP contribution in [0.1, 0.15) is 0 Å². The van der Waals surface area contributed by atoms with Crippen LogP contribution in [0.3, 0.4) is 0 Å². The minimum atomic E-state index is -1.15. The Kier molecular flexibility index (Phi) is 2.99. The number of aliphatic carboxylic acids is 1. The SMILES string of the molecule is O=C(O)CNC(=O)Oc1ccc2c(c1)OCO2. The average Bonchev–Trinajstić information content (AvgIpc) is 2.73. The van der Waals surface area contributed by atoms with Gasteiger partial charge in [0.25, 0.3) is 0 Å². The Morgan fingerprint density at radius 2 is 2.12 bits per heavy atom. The van der Waals surface area contributed by atoms with E-state index in [4.69, 9.17) is 19.3 Å². The van der Waals surface area contributed by atoms with Crippen LogP contribution in [0.4, 0.5) is 4.79 Å². The maximum Gasteiger partial charge on any atom is 0.413 e. The van der Waals surface area contributed by atoms with Gasteiger partial charge in [0, 0.05) is 6.07 Å². The number of carboxylic acids is 1. The molecule has 0 atom stereocenters. The number of hydrogen-bond acceptors (Lipinski definition) is 5. The van der Waals surface area contributed by atoms with E-state index < -0.39 is 18.6 Å². The molecule has 2 N–H and O–H groups in total. The molecule has 0 bridgehead atoms. The summed E-state index contributed by atoms with van der Waals surface area (Å²) in [6.07, 6.45) is -0.841. The Balaban J connectivity index is 1.95. The first-order valence-corrected chi connectivity index (χ1v) is 4.72. The van der Waals surface area contributed by atoms with Crippen LogP contribution < -0.4 is 19.5 Å². The third-order valence-corrected chi connectivity index (χ3v) is 1.94. The van der Waals surface area contributed by atoms with E-state index in [-0.39, 0.29) is 12.5 Å². The van der Waals surface area contributed by atoms with Gasteiger partial charge in [-0.1, -0.05) is 0 Å². The summed E-state index contributed by atoms with van der Waals surface area (Å²) >= 11 is 0. The second-order valence-corrected chi connectivity index (χ2v) is 3.15. The summed E-state index contributed by atoms with van der Waals surface area (Å²) in [6, 6.07) is 4.61. The minimum Gasteiger partial charge on any atom is -0.480 e. The number of ether oxygens (including phenoxy) is 3. The normalized spacial score (nSPS) is 12.0. The first-order chi connectivity index (χ1) is 8.15. The number of carbonyl (C=O) groups is 2. The van der Waals surface area contributed by atoms with Crippen molar-refractivity contribution < 1.29 is 28.9 Å². The van der Waals surface area contributed by atoms with Gasteiger partial charge in [-0.2, -0.15) is 0 Å². The van der Waals surface area contributed by atoms with Gasteiger partial charge >= 0.3 is 12.1 Å². The van der Waals surface area contributed by atoms with Crippen molar-refractivity contribution in [3.05, 3.63) is 18.2 Å². The number of carbonyl (C=O) groups excluding carboxylic acids is 1. The maximum absolute atomic E-state index is 11.1. The molecule has 7 heteroatoms. The van der Waals surface area contributed by atoms with Gasteiger partial charge in [0.05, 0.1) is 0 Å². The standard InChI is InChI=1S/C10H9NO6/c12-9(13)4-11-10(14)17-6-1-2-7-8(3-6)16-5-15-7/h1-3H,4-5H2,(H,11,14)(H,12,13). The van der Waals surface area contributed by atoms with Crippen molar-refractivity contribution in [2.45, 2.75) is 0 Å². The fourth-order valence-electron chi connectivity index (χ4n) is 1.23. The average molecular weight is 239 g/mol. The molecule has 1 aromatic carbocycles. The van der Waals surface area contributed by atoms with Crippen molar-refractivity contribution in [1.29, 1.82) is 0 Å². The molecular formula is C10H9NO6. The molecule has 1 aliphatic heterocycles. The molecule has 1 aliphatic rings. The van der Waals surface area contributed by atoms with E-state index in [0.717, 1.165) is 0 Å². The fourth-order valence-corrected chi connectivity index (χ4v) is 1.23. The molecular weight excluding hydrogens is 230 g/mol. The summed E-state index contributed by atoms with van der Waals surface area (Å²) in [6.45, 7) is -0.368. The third kappa shape index (κ3) is 2.77. The Morgan fingerprint density at radius 1 is 1.35 bits per heavy atom. The molecule has 7 nitrogen and oxygen atoms in total. The van der Waals surface area contributed by atoms with Crippen molar-refractivity contribution in [3.63, 3.8) is 0 Å². The number of benzene rings is 1. The van der Waals surface area contributed by atoms with Crippen molar-refractivity contribution >= 4 is 12.1 Å². The summed E-state index contributed by atoms with van der Waals surface area (Å²) in [5.41, 5.74) is 0. The number of nitrogens with one attached hydrogen (secondary N) is 1. The van der Waals surface area contributed by atoms with Gasteiger partial charge in [-0.05, 0) is 12.1 Å². The first-order valence-electron chi connectivity index (χ1n) is 4.72. The minimum absolute atomic E-state index is 0.129. The van der Waals surface area contributed by atoms with Crippen LogP contribution in [0, 0.1) is 0 Å². The molecule has 1 amide bonds. The van der Waals surface area contributed by atoms with E-state index >= 15 is 0 Å². The third-order valence-electron chi connectivity index (χ3n) is 1.94. The smallest absolute Gasteiger partial charge is 0.413 e. The van der Waals surface area contributed by atoms with Crippen LogP contribution in [0.25, 0.3) is 0 Å². The zero-order valence-electron chi connectivity index (χ0n) is 8.63. The highest BCUT2D eigenvalue weighted by molar-refractivity contribution is 5.77. The molecule has 0 saturated heterocycles. The predicted octanol–water partition coefficient (Wildman–Crippen LogP) is 0.588. The van der Waals surface area contributed by atoms with Crippen molar-refractivity contribution in [2.75, 3.05) is 13.3 Å². The molecule has 0 radical (unpaired) electrons. The molecule has 0 saturated carbocycles. The number of amides is 1. The van der Waals surface area contributed by atoms with E-state index in [1.807, 2.05) is 0 Å². The zero-order valence-corrected chi connectivity index (χ0v) is 8.63. The van der Waals surface area contributed by atoms with E-state index in [1.54, 1.807) is 6.07 Å². The van der Waals surface area contributed by atoms with Gasteiger partial charge in [-0.3, -0.25) is 4.79 Å². The highest BCUT2D eigenvalue weighted by Crippen LogP contribution is 2.34. The molecule has 0 aliphatic carbocycles. The highest BCUT2D eigenvalue weighted by atomic mass is 16.7. The largest absolute Gasteiger partial charge is 0.480 e. The number of rotatable bonds is 3. The van der Waals surface area contributed by atoms with E-state index in [2.05, 4.69) is 5.32 Å². The van der Waals surface area contributed by atoms with Crippen molar-refractivity contribution in [2.24, 2.45) is 0 Å². The topological polar surface area (TPSA) is 94.1 Å². The number of carboxylic acid groups (broad SMARTS) is 1. The maximum atomic E-state index is 11.1. The van der Waals surface area contributed by atoms with Crippen LogP contribution in [0.2, 0.25) is 0 Å². The lowest BCUT2D eigenvalue weighted by molar-refractivity contribution is -0.135. The Morgan fingerprint density at radius 3 is 2.88 bits per heavy atom. The second-order valence-electron chi connectivity index (χ2n) is 3.15. The summed E-state index contributed by atoms with van der Waals surface area (Å²) in [5, 5.41) is 10.4. The Labute approximate surface area is 95.9 Å². The van der Waals surface area contributed by atoms with Crippen LogP contribution in [0.15, 0.2) is 18.2 Å². The number of fused-ring (bicyclic) bond motifs is 1. The summed E-state index contributed by atoms with van der Waals surface area (Å²) < 4.78 is 15.0. The molecule has 1 aromatic rings.